The molecule has 17 heavy (non-hydrogen) atoms. The molecular formula is C15H11FO. The van der Waals surface area contributed by atoms with Gasteiger partial charge in [-0.3, -0.25) is 0 Å². The first-order chi connectivity index (χ1) is 8.19. The highest BCUT2D eigenvalue weighted by molar-refractivity contribution is 5.40. The van der Waals surface area contributed by atoms with E-state index in [4.69, 9.17) is 11.2 Å². The molecule has 0 saturated heterocycles. The van der Waals surface area contributed by atoms with Crippen molar-refractivity contribution >= 4 is 0 Å². The summed E-state index contributed by atoms with van der Waals surface area (Å²) in [6.45, 7) is 1.99. The normalized spacial score (nSPS) is 9.71. The Bertz CT molecular complexity index is 564. The Hall–Kier alpha value is -2.27. The summed E-state index contributed by atoms with van der Waals surface area (Å²) < 4.78 is 18.9. The van der Waals surface area contributed by atoms with Gasteiger partial charge in [0, 0.05) is 6.07 Å². The van der Waals surface area contributed by atoms with Gasteiger partial charge < -0.3 is 4.74 Å². The molecule has 0 aromatic heterocycles. The summed E-state index contributed by atoms with van der Waals surface area (Å²) in [5.74, 6) is 2.92. The van der Waals surface area contributed by atoms with Gasteiger partial charge in [0.2, 0.25) is 0 Å². The second-order valence-corrected chi connectivity index (χ2v) is 3.70. The van der Waals surface area contributed by atoms with Crippen LogP contribution in [0.5, 0.6) is 11.5 Å². The first-order valence-corrected chi connectivity index (χ1v) is 5.20. The van der Waals surface area contributed by atoms with Crippen molar-refractivity contribution in [3.63, 3.8) is 0 Å². The van der Waals surface area contributed by atoms with Gasteiger partial charge in [-0.1, -0.05) is 23.6 Å². The van der Waals surface area contributed by atoms with E-state index in [9.17, 15) is 4.39 Å². The van der Waals surface area contributed by atoms with E-state index in [-0.39, 0.29) is 5.56 Å². The van der Waals surface area contributed by atoms with Crippen LogP contribution >= 0.6 is 0 Å². The highest BCUT2D eigenvalue weighted by Gasteiger charge is 2.03. The average Bonchev–Trinajstić information content (AvgIpc) is 2.32. The van der Waals surface area contributed by atoms with Crippen LogP contribution in [-0.2, 0) is 0 Å². The molecule has 0 bridgehead atoms. The number of terminal acetylenes is 1. The Balaban J connectivity index is 2.22. The minimum Gasteiger partial charge on any atom is -0.457 e. The highest BCUT2D eigenvalue weighted by Crippen LogP contribution is 2.23. The zero-order valence-corrected chi connectivity index (χ0v) is 9.41. The minimum atomic E-state index is -0.447. The fourth-order valence-corrected chi connectivity index (χ4v) is 1.42. The van der Waals surface area contributed by atoms with Gasteiger partial charge in [-0.25, -0.2) is 4.39 Å². The van der Waals surface area contributed by atoms with Gasteiger partial charge in [-0.05, 0) is 31.2 Å². The first-order valence-electron chi connectivity index (χ1n) is 5.20. The Morgan fingerprint density at radius 2 is 1.71 bits per heavy atom. The summed E-state index contributed by atoms with van der Waals surface area (Å²) in [5, 5.41) is 0. The van der Waals surface area contributed by atoms with E-state index in [1.165, 1.54) is 12.1 Å². The van der Waals surface area contributed by atoms with E-state index in [0.29, 0.717) is 11.5 Å². The highest BCUT2D eigenvalue weighted by atomic mass is 19.1. The Morgan fingerprint density at radius 3 is 2.29 bits per heavy atom. The van der Waals surface area contributed by atoms with Crippen molar-refractivity contribution in [3.05, 3.63) is 59.4 Å². The van der Waals surface area contributed by atoms with Crippen LogP contribution in [0.3, 0.4) is 0 Å². The molecule has 2 heteroatoms. The second-order valence-electron chi connectivity index (χ2n) is 3.70. The smallest absolute Gasteiger partial charge is 0.142 e. The van der Waals surface area contributed by atoms with E-state index in [1.807, 2.05) is 31.2 Å². The van der Waals surface area contributed by atoms with Gasteiger partial charge in [0.1, 0.15) is 17.3 Å². The van der Waals surface area contributed by atoms with Crippen molar-refractivity contribution in [2.45, 2.75) is 6.92 Å². The van der Waals surface area contributed by atoms with Gasteiger partial charge in [-0.15, -0.1) is 6.42 Å². The first kappa shape index (κ1) is 11.2. The maximum absolute atomic E-state index is 13.4. The molecule has 0 aliphatic rings. The third-order valence-corrected chi connectivity index (χ3v) is 2.35. The molecule has 0 N–H and O–H groups in total. The average molecular weight is 226 g/mol. The SMILES string of the molecule is C#Cc1ccc(Oc2ccc(C)cc2)cc1F. The molecule has 0 aliphatic carbocycles. The molecule has 0 amide bonds. The number of halogens is 1. The van der Waals surface area contributed by atoms with E-state index in [1.54, 1.807) is 6.07 Å². The molecule has 0 saturated carbocycles. The molecule has 0 spiro atoms. The maximum Gasteiger partial charge on any atom is 0.142 e. The summed E-state index contributed by atoms with van der Waals surface area (Å²) in [5.41, 5.74) is 1.38. The van der Waals surface area contributed by atoms with Crippen LogP contribution in [-0.4, -0.2) is 0 Å². The van der Waals surface area contributed by atoms with Gasteiger partial charge in [0.15, 0.2) is 0 Å². The summed E-state index contributed by atoms with van der Waals surface area (Å²) in [6.07, 6.45) is 5.14. The van der Waals surface area contributed by atoms with Crippen molar-refractivity contribution in [1.82, 2.24) is 0 Å². The molecule has 2 aromatic rings. The van der Waals surface area contributed by atoms with Gasteiger partial charge in [0.05, 0.1) is 5.56 Å². The van der Waals surface area contributed by atoms with Gasteiger partial charge in [-0.2, -0.15) is 0 Å². The number of benzene rings is 2. The van der Waals surface area contributed by atoms with E-state index >= 15 is 0 Å². The lowest BCUT2D eigenvalue weighted by Crippen LogP contribution is -1.88. The Labute approximate surface area is 99.9 Å². The predicted octanol–water partition coefficient (Wildman–Crippen LogP) is 3.91. The number of hydrogen-bond donors (Lipinski definition) is 0. The van der Waals surface area contributed by atoms with Gasteiger partial charge in [0.25, 0.3) is 0 Å². The van der Waals surface area contributed by atoms with Crippen LogP contribution in [0.1, 0.15) is 11.1 Å². The van der Waals surface area contributed by atoms with Crippen LogP contribution in [0.2, 0.25) is 0 Å². The van der Waals surface area contributed by atoms with E-state index in [2.05, 4.69) is 5.92 Å². The van der Waals surface area contributed by atoms with Crippen molar-refractivity contribution < 1.29 is 9.13 Å². The lowest BCUT2D eigenvalue weighted by molar-refractivity contribution is 0.476. The van der Waals surface area contributed by atoms with Gasteiger partial charge >= 0.3 is 0 Å². The zero-order valence-electron chi connectivity index (χ0n) is 9.41. The van der Waals surface area contributed by atoms with E-state index < -0.39 is 5.82 Å². The summed E-state index contributed by atoms with van der Waals surface area (Å²) in [6, 6.07) is 12.0. The molecule has 0 aliphatic heterocycles. The zero-order chi connectivity index (χ0) is 12.3. The van der Waals surface area contributed by atoms with Crippen LogP contribution in [0, 0.1) is 25.1 Å². The predicted molar refractivity (Wildman–Crippen MR) is 65.6 cm³/mol. The van der Waals surface area contributed by atoms with Crippen molar-refractivity contribution in [2.24, 2.45) is 0 Å². The molecule has 2 rings (SSSR count). The summed E-state index contributed by atoms with van der Waals surface area (Å²) in [7, 11) is 0. The molecule has 1 nitrogen and oxygen atoms in total. The van der Waals surface area contributed by atoms with Crippen LogP contribution < -0.4 is 4.74 Å². The molecular weight excluding hydrogens is 215 g/mol. The lowest BCUT2D eigenvalue weighted by atomic mass is 10.2. The fourth-order valence-electron chi connectivity index (χ4n) is 1.42. The standard InChI is InChI=1S/C15H11FO/c1-3-12-6-9-14(10-15(12)16)17-13-7-4-11(2)5-8-13/h1,4-10H,2H3. The van der Waals surface area contributed by atoms with Crippen LogP contribution in [0.15, 0.2) is 42.5 Å². The third kappa shape index (κ3) is 2.64. The number of rotatable bonds is 2. The second kappa shape index (κ2) is 4.71. The largest absolute Gasteiger partial charge is 0.457 e. The number of ether oxygens (including phenoxy) is 1. The molecule has 0 heterocycles. The topological polar surface area (TPSA) is 9.23 Å². The van der Waals surface area contributed by atoms with Crippen molar-refractivity contribution in [3.8, 4) is 23.8 Å². The molecule has 0 atom stereocenters. The third-order valence-electron chi connectivity index (χ3n) is 2.35. The maximum atomic E-state index is 13.4. The molecule has 84 valence electrons. The molecule has 0 radical (unpaired) electrons. The lowest BCUT2D eigenvalue weighted by Gasteiger charge is -2.06. The summed E-state index contributed by atoms with van der Waals surface area (Å²) >= 11 is 0. The Morgan fingerprint density at radius 1 is 1.06 bits per heavy atom. The van der Waals surface area contributed by atoms with Crippen LogP contribution in [0.25, 0.3) is 0 Å². The minimum absolute atomic E-state index is 0.237. The number of aryl methyl sites for hydroxylation is 1. The molecule has 0 unspecified atom stereocenters. The monoisotopic (exact) mass is 226 g/mol. The van der Waals surface area contributed by atoms with Crippen molar-refractivity contribution in [1.29, 1.82) is 0 Å². The van der Waals surface area contributed by atoms with E-state index in [0.717, 1.165) is 5.56 Å². The van der Waals surface area contributed by atoms with Crippen LogP contribution in [0.4, 0.5) is 4.39 Å². The summed E-state index contributed by atoms with van der Waals surface area (Å²) in [4.78, 5) is 0. The molecule has 2 aromatic carbocycles. The number of hydrogen-bond acceptors (Lipinski definition) is 1. The quantitative estimate of drug-likeness (QED) is 0.705. The van der Waals surface area contributed by atoms with Crippen molar-refractivity contribution in [2.75, 3.05) is 0 Å². The Kier molecular flexibility index (Phi) is 3.11. The fraction of sp³-hybridized carbons (Fsp3) is 0.0667. The molecule has 0 fully saturated rings.